The number of benzene rings is 1. The van der Waals surface area contributed by atoms with E-state index >= 15 is 4.39 Å². The first kappa shape index (κ1) is 21.9. The third-order valence-corrected chi connectivity index (χ3v) is 7.71. The number of halogens is 1. The van der Waals surface area contributed by atoms with Gasteiger partial charge in [0.05, 0.1) is 5.69 Å². The van der Waals surface area contributed by atoms with E-state index in [1.807, 2.05) is 43.1 Å². The molecule has 0 atom stereocenters. The summed E-state index contributed by atoms with van der Waals surface area (Å²) in [5.41, 5.74) is 11.2. The van der Waals surface area contributed by atoms with Crippen molar-refractivity contribution in [1.29, 1.82) is 5.26 Å². The van der Waals surface area contributed by atoms with Crippen LogP contribution in [0.2, 0.25) is 0 Å². The average molecular weight is 486 g/mol. The van der Waals surface area contributed by atoms with Crippen molar-refractivity contribution < 1.29 is 4.39 Å². The molecule has 1 saturated carbocycles. The zero-order chi connectivity index (χ0) is 24.3. The van der Waals surface area contributed by atoms with Crippen LogP contribution in [0.4, 0.5) is 20.9 Å². The number of pyridine rings is 2. The van der Waals surface area contributed by atoms with E-state index in [1.165, 1.54) is 11.3 Å². The third-order valence-electron chi connectivity index (χ3n) is 6.67. The van der Waals surface area contributed by atoms with Gasteiger partial charge in [-0.15, -0.1) is 0 Å². The molecule has 0 amide bonds. The molecule has 2 aliphatic rings. The zero-order valence-electron chi connectivity index (χ0n) is 19.5. The van der Waals surface area contributed by atoms with Gasteiger partial charge in [-0.25, -0.2) is 14.4 Å². The predicted molar refractivity (Wildman–Crippen MR) is 137 cm³/mol. The number of nitrogens with zero attached hydrogens (tertiary/aromatic N) is 6. The molecule has 3 aromatic heterocycles. The van der Waals surface area contributed by atoms with Gasteiger partial charge in [-0.1, -0.05) is 11.3 Å². The summed E-state index contributed by atoms with van der Waals surface area (Å²) >= 11 is 1.32. The van der Waals surface area contributed by atoms with Gasteiger partial charge in [-0.3, -0.25) is 4.98 Å². The van der Waals surface area contributed by atoms with Crippen molar-refractivity contribution in [2.75, 3.05) is 29.9 Å². The van der Waals surface area contributed by atoms with Crippen LogP contribution >= 0.6 is 11.3 Å². The Balaban J connectivity index is 1.48. The van der Waals surface area contributed by atoms with E-state index < -0.39 is 0 Å². The van der Waals surface area contributed by atoms with Crippen molar-refractivity contribution in [2.24, 2.45) is 5.73 Å². The van der Waals surface area contributed by atoms with Crippen LogP contribution in [0.15, 0.2) is 36.5 Å². The largest absolute Gasteiger partial charge is 0.368 e. The number of aromatic nitrogens is 3. The SMILES string of the molecule is Cc1ccc(-c2nc(N(C)c3cc(C4CC4)nc4c(F)cc(N5CC(N)C5)cc34)sc2C#N)cn1. The summed E-state index contributed by atoms with van der Waals surface area (Å²) in [5, 5.41) is 11.2. The van der Waals surface area contributed by atoms with Gasteiger partial charge < -0.3 is 15.5 Å². The summed E-state index contributed by atoms with van der Waals surface area (Å²) in [5.74, 6) is 0.0255. The highest BCUT2D eigenvalue weighted by Gasteiger charge is 2.29. The highest BCUT2D eigenvalue weighted by atomic mass is 32.1. The van der Waals surface area contributed by atoms with E-state index in [1.54, 1.807) is 12.3 Å². The van der Waals surface area contributed by atoms with Gasteiger partial charge in [0, 0.05) is 66.3 Å². The highest BCUT2D eigenvalue weighted by molar-refractivity contribution is 7.16. The predicted octanol–water partition coefficient (Wildman–Crippen LogP) is 4.87. The van der Waals surface area contributed by atoms with Gasteiger partial charge in [0.25, 0.3) is 0 Å². The van der Waals surface area contributed by atoms with Gasteiger partial charge in [0.1, 0.15) is 22.2 Å². The van der Waals surface area contributed by atoms with Crippen LogP contribution in [0.3, 0.4) is 0 Å². The Hall–Kier alpha value is -3.61. The molecule has 9 heteroatoms. The molecule has 1 aromatic carbocycles. The molecule has 7 nitrogen and oxygen atoms in total. The number of fused-ring (bicyclic) bond motifs is 1. The minimum atomic E-state index is -0.335. The second-order valence-electron chi connectivity index (χ2n) is 9.36. The number of thiazole rings is 1. The highest BCUT2D eigenvalue weighted by Crippen LogP contribution is 2.44. The second kappa shape index (κ2) is 8.26. The van der Waals surface area contributed by atoms with Crippen LogP contribution in [0, 0.1) is 24.1 Å². The second-order valence-corrected chi connectivity index (χ2v) is 10.3. The van der Waals surface area contributed by atoms with Crippen molar-refractivity contribution in [3.8, 4) is 17.3 Å². The molecule has 1 aliphatic heterocycles. The lowest BCUT2D eigenvalue weighted by molar-refractivity contribution is 0.518. The Kier molecular flexibility index (Phi) is 5.16. The van der Waals surface area contributed by atoms with Crippen LogP contribution in [0.25, 0.3) is 22.2 Å². The van der Waals surface area contributed by atoms with E-state index in [4.69, 9.17) is 15.7 Å². The minimum Gasteiger partial charge on any atom is -0.368 e. The monoisotopic (exact) mass is 485 g/mol. The van der Waals surface area contributed by atoms with Gasteiger partial charge in [-0.2, -0.15) is 5.26 Å². The number of aryl methyl sites for hydroxylation is 1. The van der Waals surface area contributed by atoms with Crippen molar-refractivity contribution >= 4 is 38.7 Å². The zero-order valence-corrected chi connectivity index (χ0v) is 20.3. The molecule has 176 valence electrons. The molecule has 6 rings (SSSR count). The summed E-state index contributed by atoms with van der Waals surface area (Å²) < 4.78 is 15.3. The molecule has 4 aromatic rings. The summed E-state index contributed by atoms with van der Waals surface area (Å²) in [6.45, 7) is 3.33. The maximum Gasteiger partial charge on any atom is 0.191 e. The molecular weight excluding hydrogens is 461 g/mol. The fourth-order valence-corrected chi connectivity index (χ4v) is 5.34. The number of hydrogen-bond acceptors (Lipinski definition) is 8. The number of hydrogen-bond donors (Lipinski definition) is 1. The van der Waals surface area contributed by atoms with Gasteiger partial charge in [-0.05, 0) is 50.1 Å². The van der Waals surface area contributed by atoms with Crippen LogP contribution in [0.1, 0.15) is 35.0 Å². The Morgan fingerprint density at radius 1 is 1.20 bits per heavy atom. The maximum absolute atomic E-state index is 15.3. The molecule has 4 heterocycles. The quantitative estimate of drug-likeness (QED) is 0.431. The molecule has 1 saturated heterocycles. The average Bonchev–Trinajstić information content (AvgIpc) is 3.60. The normalized spacial score (nSPS) is 15.8. The van der Waals surface area contributed by atoms with Gasteiger partial charge in [0.15, 0.2) is 10.9 Å². The fourth-order valence-electron chi connectivity index (χ4n) is 4.48. The Bertz CT molecular complexity index is 1480. The molecule has 0 spiro atoms. The molecule has 2 N–H and O–H groups in total. The summed E-state index contributed by atoms with van der Waals surface area (Å²) in [6.07, 6.45) is 3.86. The summed E-state index contributed by atoms with van der Waals surface area (Å²) in [6, 6.07) is 11.8. The van der Waals surface area contributed by atoms with Gasteiger partial charge in [0.2, 0.25) is 0 Å². The van der Waals surface area contributed by atoms with Crippen molar-refractivity contribution in [3.63, 3.8) is 0 Å². The summed E-state index contributed by atoms with van der Waals surface area (Å²) in [7, 11) is 1.91. The van der Waals surface area contributed by atoms with E-state index in [0.717, 1.165) is 46.6 Å². The molecule has 1 aliphatic carbocycles. The Morgan fingerprint density at radius 2 is 2.00 bits per heavy atom. The van der Waals surface area contributed by atoms with Gasteiger partial charge >= 0.3 is 0 Å². The lowest BCUT2D eigenvalue weighted by Crippen LogP contribution is -2.55. The minimum absolute atomic E-state index is 0.112. The molecule has 0 unspecified atom stereocenters. The molecule has 35 heavy (non-hydrogen) atoms. The first-order valence-electron chi connectivity index (χ1n) is 11.6. The number of anilines is 3. The summed E-state index contributed by atoms with van der Waals surface area (Å²) in [4.78, 5) is 18.4. The Morgan fingerprint density at radius 3 is 2.66 bits per heavy atom. The topological polar surface area (TPSA) is 95.0 Å². The van der Waals surface area contributed by atoms with Crippen LogP contribution in [-0.4, -0.2) is 41.1 Å². The number of nitrogens with two attached hydrogens (primary N) is 1. The lowest BCUT2D eigenvalue weighted by atomic mass is 10.0. The van der Waals surface area contributed by atoms with E-state index in [9.17, 15) is 5.26 Å². The van der Waals surface area contributed by atoms with E-state index in [2.05, 4.69) is 16.0 Å². The smallest absolute Gasteiger partial charge is 0.191 e. The number of nitriles is 1. The first-order chi connectivity index (χ1) is 16.9. The molecular formula is C26H24FN7S. The lowest BCUT2D eigenvalue weighted by Gasteiger charge is -2.39. The molecule has 0 bridgehead atoms. The maximum atomic E-state index is 15.3. The van der Waals surface area contributed by atoms with Crippen LogP contribution < -0.4 is 15.5 Å². The van der Waals surface area contributed by atoms with Crippen molar-refractivity contribution in [2.45, 2.75) is 31.7 Å². The first-order valence-corrected chi connectivity index (χ1v) is 12.5. The standard InChI is InChI=1S/C26H24FN7S/c1-14-3-4-16(11-30-14)24-23(10-28)35-26(32-24)33(2)22-9-21(15-5-6-15)31-25-19(22)7-18(8-20(25)27)34-12-17(29)13-34/h3-4,7-9,11,15,17H,5-6,12-13,29H2,1-2H3. The van der Waals surface area contributed by atoms with Crippen molar-refractivity contribution in [3.05, 3.63) is 58.6 Å². The third kappa shape index (κ3) is 3.89. The van der Waals surface area contributed by atoms with Crippen molar-refractivity contribution in [1.82, 2.24) is 15.0 Å². The molecule has 2 fully saturated rings. The van der Waals surface area contributed by atoms with Crippen LogP contribution in [0.5, 0.6) is 0 Å². The molecule has 0 radical (unpaired) electrons. The Labute approximate surface area is 206 Å². The fraction of sp³-hybridized carbons (Fsp3) is 0.308. The van der Waals surface area contributed by atoms with Crippen LogP contribution in [-0.2, 0) is 0 Å². The van der Waals surface area contributed by atoms with E-state index in [-0.39, 0.29) is 11.9 Å². The van der Waals surface area contributed by atoms with E-state index in [0.29, 0.717) is 40.2 Å². The number of rotatable bonds is 5.